The molecule has 11 heteroatoms. The molecule has 1 fully saturated rings. The van der Waals surface area contributed by atoms with Gasteiger partial charge in [0.2, 0.25) is 11.9 Å². The lowest BCUT2D eigenvalue weighted by atomic mass is 9.93. The van der Waals surface area contributed by atoms with Crippen LogP contribution < -0.4 is 16.0 Å². The minimum atomic E-state index is -0.669. The number of anilines is 2. The van der Waals surface area contributed by atoms with Crippen LogP contribution in [0.15, 0.2) is 71.9 Å². The number of likely N-dealkylation sites (tertiary alicyclic amines) is 1. The highest BCUT2D eigenvalue weighted by atomic mass is 19.1. The number of aryl methyl sites for hydroxylation is 1. The summed E-state index contributed by atoms with van der Waals surface area (Å²) in [7, 11) is 5.11. The lowest BCUT2D eigenvalue weighted by Gasteiger charge is -2.30. The number of carbonyl (C=O) groups excluding carboxylic acids is 1. The van der Waals surface area contributed by atoms with Crippen LogP contribution >= 0.6 is 0 Å². The van der Waals surface area contributed by atoms with Crippen molar-refractivity contribution in [3.8, 4) is 11.3 Å². The number of hydrogen-bond acceptors (Lipinski definition) is 8. The Morgan fingerprint density at radius 2 is 1.80 bits per heavy atom. The van der Waals surface area contributed by atoms with E-state index >= 15 is 0 Å². The number of aromatic nitrogens is 2. The molecule has 0 bridgehead atoms. The fourth-order valence-electron chi connectivity index (χ4n) is 6.20. The number of nitrogens with one attached hydrogen (secondary N) is 3. The number of likely N-dealkylation sites (N-methyl/N-ethyl adjacent to an activating group) is 2. The number of amides is 1. The van der Waals surface area contributed by atoms with Crippen LogP contribution in [0.1, 0.15) is 40.5 Å². The Labute approximate surface area is 260 Å². The Bertz CT molecular complexity index is 1760. The highest BCUT2D eigenvalue weighted by Crippen LogP contribution is 2.35. The lowest BCUT2D eigenvalue weighted by molar-refractivity contribution is -0.127. The van der Waals surface area contributed by atoms with Crippen LogP contribution in [0.25, 0.3) is 11.3 Å². The predicted molar refractivity (Wildman–Crippen MR) is 169 cm³/mol. The molecule has 1 amide bonds. The SMILES string of the molecule is CNC(=O)C1(NC)CCN(C(OC)c2ccc(Nc3ncc4c(n3)-c3ccc(C)cc3C(c3c(F)cccc3F)=NC4)cc2)C1. The average molecular weight is 612 g/mol. The molecule has 2 aliphatic heterocycles. The lowest BCUT2D eigenvalue weighted by Crippen LogP contribution is -2.56. The molecule has 0 radical (unpaired) electrons. The van der Waals surface area contributed by atoms with Gasteiger partial charge in [0.1, 0.15) is 23.4 Å². The molecule has 9 nitrogen and oxygen atoms in total. The number of aliphatic imine (C=N–C) groups is 1. The number of ether oxygens (including phenoxy) is 1. The zero-order valence-corrected chi connectivity index (χ0v) is 25.6. The molecule has 4 aromatic rings. The zero-order chi connectivity index (χ0) is 31.7. The van der Waals surface area contributed by atoms with Crippen LogP contribution in [0.2, 0.25) is 0 Å². The van der Waals surface area contributed by atoms with E-state index in [1.165, 1.54) is 18.2 Å². The van der Waals surface area contributed by atoms with E-state index in [9.17, 15) is 13.6 Å². The summed E-state index contributed by atoms with van der Waals surface area (Å²) < 4.78 is 35.7. The summed E-state index contributed by atoms with van der Waals surface area (Å²) in [4.78, 5) is 28.7. The first-order chi connectivity index (χ1) is 21.8. The molecule has 1 aromatic heterocycles. The van der Waals surface area contributed by atoms with Crippen molar-refractivity contribution in [2.24, 2.45) is 4.99 Å². The molecule has 45 heavy (non-hydrogen) atoms. The Kier molecular flexibility index (Phi) is 8.41. The van der Waals surface area contributed by atoms with E-state index in [2.05, 4.69) is 30.8 Å². The summed E-state index contributed by atoms with van der Waals surface area (Å²) >= 11 is 0. The molecule has 3 heterocycles. The molecule has 3 N–H and O–H groups in total. The van der Waals surface area contributed by atoms with Gasteiger partial charge in [-0.15, -0.1) is 0 Å². The third-order valence-corrected chi connectivity index (χ3v) is 8.60. The quantitative estimate of drug-likeness (QED) is 0.261. The predicted octanol–water partition coefficient (Wildman–Crippen LogP) is 4.88. The van der Waals surface area contributed by atoms with Gasteiger partial charge >= 0.3 is 0 Å². The average Bonchev–Trinajstić information content (AvgIpc) is 3.42. The molecular weight excluding hydrogens is 576 g/mol. The molecule has 232 valence electrons. The summed E-state index contributed by atoms with van der Waals surface area (Å²) in [6.07, 6.45) is 2.04. The second-order valence-corrected chi connectivity index (χ2v) is 11.3. The van der Waals surface area contributed by atoms with Gasteiger partial charge in [-0.05, 0) is 56.3 Å². The first-order valence-electron chi connectivity index (χ1n) is 14.8. The third kappa shape index (κ3) is 5.70. The Balaban J connectivity index is 1.26. The van der Waals surface area contributed by atoms with Crippen LogP contribution in [-0.2, 0) is 16.1 Å². The largest absolute Gasteiger partial charge is 0.362 e. The molecule has 0 aliphatic carbocycles. The molecule has 0 saturated carbocycles. The number of methoxy groups -OCH3 is 1. The van der Waals surface area contributed by atoms with E-state index in [1.54, 1.807) is 27.4 Å². The van der Waals surface area contributed by atoms with Crippen molar-refractivity contribution < 1.29 is 18.3 Å². The van der Waals surface area contributed by atoms with E-state index in [1.807, 2.05) is 49.4 Å². The van der Waals surface area contributed by atoms with Gasteiger partial charge in [0.25, 0.3) is 0 Å². The van der Waals surface area contributed by atoms with Gasteiger partial charge in [-0.2, -0.15) is 0 Å². The van der Waals surface area contributed by atoms with Gasteiger partial charge in [-0.1, -0.05) is 35.9 Å². The van der Waals surface area contributed by atoms with Crippen LogP contribution in [-0.4, -0.2) is 66.3 Å². The monoisotopic (exact) mass is 611 g/mol. The summed E-state index contributed by atoms with van der Waals surface area (Å²) in [5.41, 5.74) is 4.80. The summed E-state index contributed by atoms with van der Waals surface area (Å²) in [6, 6.07) is 17.3. The molecule has 1 saturated heterocycles. The standard InChI is InChI=1S/C34H35F2N7O2/c1-20-8-13-24-25(16-20)30(28-26(35)6-5-7-27(28)36)39-17-22-18-40-33(42-29(22)24)41-23-11-9-21(10-12-23)31(45-4)43-15-14-34(19-43,38-3)32(44)37-2/h5-13,16,18,31,38H,14-15,17,19H2,1-4H3,(H,37,44)(H,40,41,42). The smallest absolute Gasteiger partial charge is 0.241 e. The van der Waals surface area contributed by atoms with Crippen LogP contribution in [0.4, 0.5) is 20.4 Å². The van der Waals surface area contributed by atoms with Crippen LogP contribution in [0, 0.1) is 18.6 Å². The maximum Gasteiger partial charge on any atom is 0.241 e. The number of nitrogens with zero attached hydrogens (tertiary/aromatic N) is 4. The first kappa shape index (κ1) is 30.4. The molecular formula is C34H35F2N7O2. The van der Waals surface area contributed by atoms with Crippen molar-refractivity contribution >= 4 is 23.3 Å². The molecule has 2 atom stereocenters. The summed E-state index contributed by atoms with van der Waals surface area (Å²) in [6.45, 7) is 3.31. The fraction of sp³-hybridized carbons (Fsp3) is 0.294. The van der Waals surface area contributed by atoms with E-state index in [0.717, 1.165) is 27.9 Å². The fourth-order valence-corrected chi connectivity index (χ4v) is 6.20. The number of carbonyl (C=O) groups is 1. The minimum Gasteiger partial charge on any atom is -0.362 e. The van der Waals surface area contributed by atoms with Gasteiger partial charge in [0, 0.05) is 55.8 Å². The summed E-state index contributed by atoms with van der Waals surface area (Å²) in [5, 5.41) is 9.25. The summed E-state index contributed by atoms with van der Waals surface area (Å²) in [5.74, 6) is -1.00. The molecule has 3 aromatic carbocycles. The maximum absolute atomic E-state index is 14.9. The zero-order valence-electron chi connectivity index (χ0n) is 25.6. The Hall–Kier alpha value is -4.58. The number of benzene rings is 3. The highest BCUT2D eigenvalue weighted by molar-refractivity contribution is 6.17. The topological polar surface area (TPSA) is 104 Å². The van der Waals surface area contributed by atoms with Crippen LogP contribution in [0.3, 0.4) is 0 Å². The highest BCUT2D eigenvalue weighted by Gasteiger charge is 2.45. The van der Waals surface area contributed by atoms with Crippen molar-refractivity contribution in [2.75, 3.05) is 39.6 Å². The van der Waals surface area contributed by atoms with Gasteiger partial charge < -0.3 is 20.7 Å². The van der Waals surface area contributed by atoms with E-state index < -0.39 is 17.2 Å². The number of hydrogen-bond donors (Lipinski definition) is 3. The third-order valence-electron chi connectivity index (χ3n) is 8.60. The van der Waals surface area contributed by atoms with Crippen molar-refractivity contribution in [1.29, 1.82) is 0 Å². The van der Waals surface area contributed by atoms with Gasteiger partial charge in [-0.3, -0.25) is 14.7 Å². The van der Waals surface area contributed by atoms with Crippen molar-refractivity contribution in [1.82, 2.24) is 25.5 Å². The van der Waals surface area contributed by atoms with E-state index in [4.69, 9.17) is 9.72 Å². The minimum absolute atomic E-state index is 0.0393. The Morgan fingerprint density at radius 1 is 1.04 bits per heavy atom. The first-order valence-corrected chi connectivity index (χ1v) is 14.8. The number of halogens is 2. The molecule has 0 spiro atoms. The van der Waals surface area contributed by atoms with E-state index in [-0.39, 0.29) is 30.0 Å². The second-order valence-electron chi connectivity index (χ2n) is 11.3. The van der Waals surface area contributed by atoms with Crippen molar-refractivity contribution in [3.05, 3.63) is 106 Å². The van der Waals surface area contributed by atoms with Crippen molar-refractivity contribution in [2.45, 2.75) is 31.7 Å². The normalized spacial score (nSPS) is 18.4. The second kappa shape index (κ2) is 12.4. The molecule has 2 unspecified atom stereocenters. The maximum atomic E-state index is 14.9. The van der Waals surface area contributed by atoms with Gasteiger partial charge in [0.15, 0.2) is 0 Å². The number of fused-ring (bicyclic) bond motifs is 3. The Morgan fingerprint density at radius 3 is 2.49 bits per heavy atom. The van der Waals surface area contributed by atoms with Gasteiger partial charge in [0.05, 0.1) is 23.5 Å². The molecule has 2 aliphatic rings. The molecule has 6 rings (SSSR count). The van der Waals surface area contributed by atoms with Gasteiger partial charge in [-0.25, -0.2) is 18.7 Å². The number of rotatable bonds is 8. The van der Waals surface area contributed by atoms with E-state index in [0.29, 0.717) is 36.7 Å². The van der Waals surface area contributed by atoms with Crippen LogP contribution in [0.5, 0.6) is 0 Å². The van der Waals surface area contributed by atoms with Crippen molar-refractivity contribution in [3.63, 3.8) is 0 Å².